The number of ether oxygens (including phenoxy) is 2. The number of nitrogens with zero attached hydrogens (tertiary/aromatic N) is 2. The van der Waals surface area contributed by atoms with E-state index in [2.05, 4.69) is 4.52 Å². The minimum absolute atomic E-state index is 0.715. The second-order valence-corrected chi connectivity index (χ2v) is 12.8. The van der Waals surface area contributed by atoms with Crippen molar-refractivity contribution in [1.29, 1.82) is 0 Å². The molecule has 2 aliphatic rings. The van der Waals surface area contributed by atoms with Crippen molar-refractivity contribution >= 4 is 27.2 Å². The summed E-state index contributed by atoms with van der Waals surface area (Å²) in [5, 5.41) is 31.5. The van der Waals surface area contributed by atoms with Gasteiger partial charge in [-0.3, -0.25) is 33.2 Å². The fraction of sp³-hybridized carbons (Fsp3) is 0.556. The largest absolute Gasteiger partial charge is 0.469 e. The summed E-state index contributed by atoms with van der Waals surface area (Å²) < 4.78 is 38.6. The van der Waals surface area contributed by atoms with Crippen LogP contribution >= 0.6 is 15.0 Å². The fourth-order valence-electron chi connectivity index (χ4n) is 4.09. The minimum Gasteiger partial charge on any atom is -0.459 e. The zero-order valence-electron chi connectivity index (χ0n) is 20.3. The highest BCUT2D eigenvalue weighted by molar-refractivity contribution is 8.35. The standard InChI is InChI=1S/C18H24N4O16P2S/c23-9-1-3-21(17(28)19-9)15-12(26)11(25)7(36-15)5-35-40(33,41)38-14-8(6-34-39(30,31)32)37-16(13(14)27)22-4-2-10(24)20-18(22)29/h1-4,7-8,11-16,25-27H,5-6H2,(H,33,41)(H,19,23,28)(H,20,24,29)(H2,30,31,32)/t7-,8-,11-,12-,13-,14-,15-,16-,40?/m1/s1. The summed E-state index contributed by atoms with van der Waals surface area (Å²) in [4.78, 5) is 79.6. The van der Waals surface area contributed by atoms with Crippen molar-refractivity contribution in [3.05, 3.63) is 66.2 Å². The number of hydrogen-bond donors (Lipinski definition) is 8. The molecule has 9 atom stereocenters. The van der Waals surface area contributed by atoms with Gasteiger partial charge in [0.05, 0.1) is 6.61 Å². The number of rotatable bonds is 10. The highest BCUT2D eigenvalue weighted by Crippen LogP contribution is 2.58. The summed E-state index contributed by atoms with van der Waals surface area (Å²) in [5.41, 5.74) is -3.44. The number of H-pyrrole nitrogens is 2. The van der Waals surface area contributed by atoms with Crippen molar-refractivity contribution in [3.63, 3.8) is 0 Å². The maximum Gasteiger partial charge on any atom is 0.469 e. The predicted molar refractivity (Wildman–Crippen MR) is 134 cm³/mol. The average molecular weight is 646 g/mol. The second-order valence-electron chi connectivity index (χ2n) is 8.76. The molecule has 23 heteroatoms. The summed E-state index contributed by atoms with van der Waals surface area (Å²) in [7, 11) is -9.47. The number of aliphatic hydroxyl groups excluding tert-OH is 3. The van der Waals surface area contributed by atoms with E-state index in [9.17, 15) is 44.0 Å². The second kappa shape index (κ2) is 12.3. The number of hydrogen-bond acceptors (Lipinski definition) is 15. The number of nitrogens with one attached hydrogen (secondary N) is 2. The van der Waals surface area contributed by atoms with Crippen LogP contribution in [0.15, 0.2) is 43.7 Å². The maximum absolute atomic E-state index is 12.2. The van der Waals surface area contributed by atoms with Crippen LogP contribution in [0, 0.1) is 0 Å². The lowest BCUT2D eigenvalue weighted by atomic mass is 10.1. The van der Waals surface area contributed by atoms with Gasteiger partial charge in [-0.2, -0.15) is 9.05 Å². The molecule has 0 spiro atoms. The van der Waals surface area contributed by atoms with Gasteiger partial charge in [-0.1, -0.05) is 0 Å². The summed E-state index contributed by atoms with van der Waals surface area (Å²) in [6.07, 6.45) is -10.9. The highest BCUT2D eigenvalue weighted by Gasteiger charge is 2.52. The Bertz CT molecular complexity index is 1520. The number of phosphoric ester groups is 1. The summed E-state index contributed by atoms with van der Waals surface area (Å²) in [6, 6.07) is 1.91. The highest BCUT2D eigenvalue weighted by atomic mass is 32.7. The molecule has 2 aromatic rings. The van der Waals surface area contributed by atoms with Gasteiger partial charge in [-0.25, -0.2) is 19.0 Å². The number of aromatic nitrogens is 4. The van der Waals surface area contributed by atoms with Crippen molar-refractivity contribution in [3.8, 4) is 0 Å². The van der Waals surface area contributed by atoms with Crippen LogP contribution in [0.4, 0.5) is 0 Å². The predicted octanol–water partition coefficient (Wildman–Crippen LogP) is -4.31. The van der Waals surface area contributed by atoms with Crippen molar-refractivity contribution in [2.45, 2.75) is 49.1 Å². The van der Waals surface area contributed by atoms with Crippen molar-refractivity contribution in [2.24, 2.45) is 0 Å². The topological polar surface area (TPSA) is 294 Å². The summed E-state index contributed by atoms with van der Waals surface area (Å²) >= 11 is 4.95. The molecule has 4 rings (SSSR count). The molecule has 2 saturated heterocycles. The van der Waals surface area contributed by atoms with E-state index in [0.29, 0.717) is 0 Å². The van der Waals surface area contributed by atoms with E-state index in [1.165, 1.54) is 0 Å². The molecule has 0 aromatic carbocycles. The summed E-state index contributed by atoms with van der Waals surface area (Å²) in [5.74, 6) is 0. The number of aromatic amines is 2. The molecule has 1 unspecified atom stereocenters. The molecule has 0 amide bonds. The molecule has 2 aliphatic heterocycles. The lowest BCUT2D eigenvalue weighted by molar-refractivity contribution is -0.0581. The molecule has 0 bridgehead atoms. The van der Waals surface area contributed by atoms with Crippen LogP contribution in [-0.4, -0.2) is 98.9 Å². The van der Waals surface area contributed by atoms with Crippen LogP contribution in [0.25, 0.3) is 0 Å². The van der Waals surface area contributed by atoms with Gasteiger partial charge in [-0.15, -0.1) is 0 Å². The molecule has 20 nitrogen and oxygen atoms in total. The Labute approximate surface area is 232 Å². The van der Waals surface area contributed by atoms with Crippen molar-refractivity contribution in [2.75, 3.05) is 13.2 Å². The Morgan fingerprint density at radius 2 is 1.39 bits per heavy atom. The fourth-order valence-corrected chi connectivity index (χ4v) is 5.87. The molecular weight excluding hydrogens is 622 g/mol. The first-order chi connectivity index (χ1) is 19.1. The van der Waals surface area contributed by atoms with Gasteiger partial charge in [0.2, 0.25) is 0 Å². The van der Waals surface area contributed by atoms with Crippen LogP contribution in [0.2, 0.25) is 0 Å². The number of phosphoric acid groups is 1. The molecule has 2 aromatic heterocycles. The first-order valence-corrected chi connectivity index (χ1v) is 15.5. The zero-order valence-corrected chi connectivity index (χ0v) is 22.9. The smallest absolute Gasteiger partial charge is 0.459 e. The minimum atomic E-state index is -5.06. The Morgan fingerprint density at radius 1 is 0.878 bits per heavy atom. The Morgan fingerprint density at radius 3 is 1.90 bits per heavy atom. The number of aliphatic hydroxyl groups is 3. The third kappa shape index (κ3) is 7.48. The monoisotopic (exact) mass is 646 g/mol. The van der Waals surface area contributed by atoms with Gasteiger partial charge < -0.3 is 46.8 Å². The van der Waals surface area contributed by atoms with E-state index in [-0.39, 0.29) is 0 Å². The molecule has 0 radical (unpaired) electrons. The maximum atomic E-state index is 12.2. The Kier molecular flexibility index (Phi) is 9.53. The Hall–Kier alpha value is -2.07. The van der Waals surface area contributed by atoms with Gasteiger partial charge in [0.1, 0.15) is 37.1 Å². The van der Waals surface area contributed by atoms with Gasteiger partial charge in [0, 0.05) is 24.5 Å². The third-order valence-corrected chi connectivity index (χ3v) is 8.01. The van der Waals surface area contributed by atoms with Gasteiger partial charge >= 0.3 is 19.2 Å². The molecular formula is C18H24N4O16P2S. The quantitative estimate of drug-likeness (QED) is 0.0894. The SMILES string of the molecule is O=c1ccn([C@@H]2O[C@H](CO[P+](O)([S-])O[C@H]3[C@@H](O)[C@H](n4ccc(=O)[nH]c4=O)O[C@@H]3COP(=O)(O)O)[C@@H](O)[C@H]2O)c(=O)[nH]1. The van der Waals surface area contributed by atoms with Gasteiger partial charge in [-0.05, 0) is 0 Å². The normalized spacial score (nSPS) is 31.8. The third-order valence-electron chi connectivity index (χ3n) is 5.96. The van der Waals surface area contributed by atoms with Gasteiger partial charge in [0.25, 0.3) is 18.3 Å². The van der Waals surface area contributed by atoms with E-state index in [1.54, 1.807) is 0 Å². The van der Waals surface area contributed by atoms with Crippen molar-refractivity contribution in [1.82, 2.24) is 19.1 Å². The molecule has 41 heavy (non-hydrogen) atoms. The zero-order chi connectivity index (χ0) is 30.3. The molecule has 4 heterocycles. The van der Waals surface area contributed by atoms with E-state index >= 15 is 0 Å². The Balaban J connectivity index is 1.47. The first-order valence-electron chi connectivity index (χ1n) is 11.4. The van der Waals surface area contributed by atoms with Crippen LogP contribution in [-0.2, 0) is 39.9 Å². The lowest BCUT2D eigenvalue weighted by Gasteiger charge is -2.28. The molecule has 0 aliphatic carbocycles. The van der Waals surface area contributed by atoms with Crippen LogP contribution in [0.1, 0.15) is 12.5 Å². The van der Waals surface area contributed by atoms with E-state index in [0.717, 1.165) is 33.7 Å². The average Bonchev–Trinajstić information content (AvgIpc) is 3.31. The lowest BCUT2D eigenvalue weighted by Crippen LogP contribution is -2.39. The van der Waals surface area contributed by atoms with Crippen LogP contribution < -0.4 is 22.5 Å². The van der Waals surface area contributed by atoms with Crippen molar-refractivity contribution < 1.29 is 57.6 Å². The van der Waals surface area contributed by atoms with E-state index in [4.69, 9.17) is 40.6 Å². The van der Waals surface area contributed by atoms with E-state index < -0.39 is 99.8 Å². The van der Waals surface area contributed by atoms with E-state index in [1.807, 2.05) is 9.97 Å². The van der Waals surface area contributed by atoms with Crippen LogP contribution in [0.3, 0.4) is 0 Å². The molecule has 0 saturated carbocycles. The molecule has 8 N–H and O–H groups in total. The summed E-state index contributed by atoms with van der Waals surface area (Å²) in [6.45, 7) is -1.64. The van der Waals surface area contributed by atoms with Gasteiger partial charge in [0.15, 0.2) is 18.6 Å². The first kappa shape index (κ1) is 31.9. The molecule has 228 valence electrons. The molecule has 2 fully saturated rings. The van der Waals surface area contributed by atoms with Crippen LogP contribution in [0.5, 0.6) is 0 Å².